The van der Waals surface area contributed by atoms with Gasteiger partial charge in [0.15, 0.2) is 0 Å². The number of nitrogens with one attached hydrogen (secondary N) is 1. The first-order chi connectivity index (χ1) is 6.40. The van der Waals surface area contributed by atoms with Crippen molar-refractivity contribution in [3.05, 3.63) is 16.9 Å². The summed E-state index contributed by atoms with van der Waals surface area (Å²) in [7, 11) is 3.56. The molecular formula is C9H16ClN3O. The van der Waals surface area contributed by atoms with E-state index >= 15 is 0 Å². The van der Waals surface area contributed by atoms with E-state index in [1.54, 1.807) is 18.8 Å². The lowest BCUT2D eigenvalue weighted by Crippen LogP contribution is -2.43. The Morgan fingerprint density at radius 2 is 2.21 bits per heavy atom. The van der Waals surface area contributed by atoms with Gasteiger partial charge in [-0.15, -0.1) is 0 Å². The molecule has 1 heterocycles. The van der Waals surface area contributed by atoms with Crippen LogP contribution in [0.15, 0.2) is 6.20 Å². The number of halogens is 1. The molecule has 0 aliphatic rings. The van der Waals surface area contributed by atoms with Crippen molar-refractivity contribution in [1.29, 1.82) is 0 Å². The SMILES string of the molecule is CNC(C)(C)C(O)c1c(Cl)cnn1C. The number of hydrogen-bond donors (Lipinski definition) is 2. The van der Waals surface area contributed by atoms with E-state index in [4.69, 9.17) is 11.6 Å². The summed E-state index contributed by atoms with van der Waals surface area (Å²) in [6.45, 7) is 3.81. The smallest absolute Gasteiger partial charge is 0.115 e. The fraction of sp³-hybridized carbons (Fsp3) is 0.667. The van der Waals surface area contributed by atoms with Crippen LogP contribution >= 0.6 is 11.6 Å². The predicted octanol–water partition coefficient (Wildman–Crippen LogP) is 1.10. The topological polar surface area (TPSA) is 50.1 Å². The summed E-state index contributed by atoms with van der Waals surface area (Å²) in [6.07, 6.45) is 0.846. The van der Waals surface area contributed by atoms with Gasteiger partial charge in [-0.05, 0) is 20.9 Å². The first kappa shape index (κ1) is 11.5. The van der Waals surface area contributed by atoms with E-state index in [0.717, 1.165) is 0 Å². The van der Waals surface area contributed by atoms with Crippen molar-refractivity contribution in [3.63, 3.8) is 0 Å². The van der Waals surface area contributed by atoms with Crippen LogP contribution in [0.1, 0.15) is 25.6 Å². The molecule has 4 nitrogen and oxygen atoms in total. The van der Waals surface area contributed by atoms with Gasteiger partial charge >= 0.3 is 0 Å². The Bertz CT molecular complexity index is 302. The van der Waals surface area contributed by atoms with E-state index in [9.17, 15) is 5.11 Å². The maximum atomic E-state index is 10.1. The van der Waals surface area contributed by atoms with Gasteiger partial charge in [0, 0.05) is 12.6 Å². The van der Waals surface area contributed by atoms with Crippen molar-refractivity contribution in [2.45, 2.75) is 25.5 Å². The molecule has 1 atom stereocenters. The van der Waals surface area contributed by atoms with Crippen LogP contribution in [0.5, 0.6) is 0 Å². The maximum absolute atomic E-state index is 10.1. The Kier molecular flexibility index (Phi) is 3.19. The van der Waals surface area contributed by atoms with Gasteiger partial charge in [0.1, 0.15) is 6.10 Å². The molecule has 1 aromatic rings. The number of aromatic nitrogens is 2. The Morgan fingerprint density at radius 1 is 1.64 bits per heavy atom. The molecule has 0 bridgehead atoms. The third kappa shape index (κ3) is 1.92. The fourth-order valence-corrected chi connectivity index (χ4v) is 1.48. The van der Waals surface area contributed by atoms with E-state index in [2.05, 4.69) is 10.4 Å². The molecule has 0 aromatic carbocycles. The van der Waals surface area contributed by atoms with Gasteiger partial charge in [-0.25, -0.2) is 0 Å². The molecule has 0 saturated carbocycles. The van der Waals surface area contributed by atoms with Crippen LogP contribution in [-0.4, -0.2) is 27.5 Å². The lowest BCUT2D eigenvalue weighted by Gasteiger charge is -2.30. The second-order valence-corrected chi connectivity index (χ2v) is 4.28. The molecule has 2 N–H and O–H groups in total. The largest absolute Gasteiger partial charge is 0.385 e. The molecule has 0 spiro atoms. The summed E-state index contributed by atoms with van der Waals surface area (Å²) in [5.41, 5.74) is 0.197. The van der Waals surface area contributed by atoms with Crippen LogP contribution in [0.2, 0.25) is 5.02 Å². The lowest BCUT2D eigenvalue weighted by molar-refractivity contribution is 0.0782. The summed E-state index contributed by atoms with van der Waals surface area (Å²) in [5.74, 6) is 0. The molecule has 14 heavy (non-hydrogen) atoms. The number of hydrogen-bond acceptors (Lipinski definition) is 3. The molecule has 80 valence electrons. The van der Waals surface area contributed by atoms with Crippen LogP contribution in [0.3, 0.4) is 0 Å². The van der Waals surface area contributed by atoms with E-state index in [0.29, 0.717) is 10.7 Å². The van der Waals surface area contributed by atoms with E-state index in [1.165, 1.54) is 6.20 Å². The number of aliphatic hydroxyl groups excluding tert-OH is 1. The van der Waals surface area contributed by atoms with E-state index in [1.807, 2.05) is 13.8 Å². The normalized spacial score (nSPS) is 14.4. The lowest BCUT2D eigenvalue weighted by atomic mass is 9.95. The number of aliphatic hydroxyl groups is 1. The molecule has 1 rings (SSSR count). The third-order valence-corrected chi connectivity index (χ3v) is 2.82. The van der Waals surface area contributed by atoms with Crippen molar-refractivity contribution in [1.82, 2.24) is 15.1 Å². The molecule has 0 aliphatic carbocycles. The monoisotopic (exact) mass is 217 g/mol. The fourth-order valence-electron chi connectivity index (χ4n) is 1.21. The summed E-state index contributed by atoms with van der Waals surface area (Å²) in [5, 5.41) is 17.6. The Morgan fingerprint density at radius 3 is 2.57 bits per heavy atom. The standard InChI is InChI=1S/C9H16ClN3O/c1-9(2,11-3)8(14)7-6(10)5-12-13(7)4/h5,8,11,14H,1-4H3. The highest BCUT2D eigenvalue weighted by Gasteiger charge is 2.31. The van der Waals surface area contributed by atoms with Crippen molar-refractivity contribution < 1.29 is 5.11 Å². The van der Waals surface area contributed by atoms with Gasteiger partial charge in [-0.1, -0.05) is 11.6 Å². The maximum Gasteiger partial charge on any atom is 0.115 e. The Hall–Kier alpha value is -0.580. The highest BCUT2D eigenvalue weighted by Crippen LogP contribution is 2.29. The minimum Gasteiger partial charge on any atom is -0.385 e. The molecule has 0 amide bonds. The van der Waals surface area contributed by atoms with Gasteiger partial charge in [0.2, 0.25) is 0 Å². The molecule has 0 aliphatic heterocycles. The zero-order chi connectivity index (χ0) is 10.9. The summed E-state index contributed by atoms with van der Waals surface area (Å²) >= 11 is 5.93. The zero-order valence-electron chi connectivity index (χ0n) is 8.87. The van der Waals surface area contributed by atoms with Crippen LogP contribution in [0, 0.1) is 0 Å². The van der Waals surface area contributed by atoms with Gasteiger partial charge in [0.05, 0.1) is 16.9 Å². The molecule has 1 unspecified atom stereocenters. The number of rotatable bonds is 3. The molecule has 0 fully saturated rings. The van der Waals surface area contributed by atoms with Crippen molar-refractivity contribution in [3.8, 4) is 0 Å². The summed E-state index contributed by atoms with van der Waals surface area (Å²) in [6, 6.07) is 0. The molecular weight excluding hydrogens is 202 g/mol. The second kappa shape index (κ2) is 3.88. The molecule has 0 saturated heterocycles. The number of nitrogens with zero attached hydrogens (tertiary/aromatic N) is 2. The number of aryl methyl sites for hydroxylation is 1. The second-order valence-electron chi connectivity index (χ2n) is 3.88. The minimum atomic E-state index is -0.688. The molecule has 0 radical (unpaired) electrons. The zero-order valence-corrected chi connectivity index (χ0v) is 9.63. The van der Waals surface area contributed by atoms with E-state index < -0.39 is 11.6 Å². The quantitative estimate of drug-likeness (QED) is 0.798. The first-order valence-corrected chi connectivity index (χ1v) is 4.82. The average Bonchev–Trinajstić information content (AvgIpc) is 2.45. The van der Waals surface area contributed by atoms with Crippen LogP contribution in [-0.2, 0) is 7.05 Å². The van der Waals surface area contributed by atoms with Crippen molar-refractivity contribution in [2.75, 3.05) is 7.05 Å². The van der Waals surface area contributed by atoms with Crippen molar-refractivity contribution >= 4 is 11.6 Å². The predicted molar refractivity (Wildman–Crippen MR) is 56.3 cm³/mol. The Balaban J connectivity index is 3.06. The van der Waals surface area contributed by atoms with Crippen molar-refractivity contribution in [2.24, 2.45) is 7.05 Å². The minimum absolute atomic E-state index is 0.433. The third-order valence-electron chi connectivity index (χ3n) is 2.52. The van der Waals surface area contributed by atoms with Gasteiger partial charge in [0.25, 0.3) is 0 Å². The average molecular weight is 218 g/mol. The van der Waals surface area contributed by atoms with E-state index in [-0.39, 0.29) is 0 Å². The molecule has 1 aromatic heterocycles. The van der Waals surface area contributed by atoms with Gasteiger partial charge in [-0.3, -0.25) is 4.68 Å². The van der Waals surface area contributed by atoms with Gasteiger partial charge < -0.3 is 10.4 Å². The number of likely N-dealkylation sites (N-methyl/N-ethyl adjacent to an activating group) is 1. The highest BCUT2D eigenvalue weighted by molar-refractivity contribution is 6.31. The van der Waals surface area contributed by atoms with Gasteiger partial charge in [-0.2, -0.15) is 5.10 Å². The first-order valence-electron chi connectivity index (χ1n) is 4.44. The summed E-state index contributed by atoms with van der Waals surface area (Å²) < 4.78 is 1.59. The van der Waals surface area contributed by atoms with Crippen LogP contribution in [0.25, 0.3) is 0 Å². The highest BCUT2D eigenvalue weighted by atomic mass is 35.5. The van der Waals surface area contributed by atoms with Crippen LogP contribution in [0.4, 0.5) is 0 Å². The molecule has 5 heteroatoms. The Labute approximate surface area is 88.9 Å². The van der Waals surface area contributed by atoms with Crippen LogP contribution < -0.4 is 5.32 Å². The summed E-state index contributed by atoms with van der Waals surface area (Å²) in [4.78, 5) is 0.